The van der Waals surface area contributed by atoms with Crippen molar-refractivity contribution in [1.82, 2.24) is 15.0 Å². The first-order chi connectivity index (χ1) is 9.35. The highest BCUT2D eigenvalue weighted by atomic mass is 32.2. The van der Waals surface area contributed by atoms with E-state index in [-0.39, 0.29) is 17.3 Å². The monoisotopic (exact) mass is 301 g/mol. The Morgan fingerprint density at radius 2 is 2.10 bits per heavy atom. The molecule has 1 amide bonds. The van der Waals surface area contributed by atoms with Crippen LogP contribution in [-0.2, 0) is 14.8 Å². The van der Waals surface area contributed by atoms with Crippen molar-refractivity contribution in [2.75, 3.05) is 18.5 Å². The van der Waals surface area contributed by atoms with Crippen molar-refractivity contribution >= 4 is 21.7 Å². The number of nitrogens with zero attached hydrogens (tertiary/aromatic N) is 1. The molecule has 1 aromatic heterocycles. The Hall–Kier alpha value is -1.71. The molecule has 0 unspecified atom stereocenters. The van der Waals surface area contributed by atoms with Crippen LogP contribution in [0.4, 0.5) is 5.82 Å². The first kappa shape index (κ1) is 16.3. The Bertz CT molecular complexity index is 542. The van der Waals surface area contributed by atoms with Crippen molar-refractivity contribution < 1.29 is 13.2 Å². The molecule has 5 N–H and O–H groups in total. The molecule has 0 aliphatic heterocycles. The second-order valence-electron chi connectivity index (χ2n) is 4.55. The van der Waals surface area contributed by atoms with E-state index in [1.54, 1.807) is 0 Å². The molecule has 0 aliphatic rings. The number of pyridine rings is 1. The number of amides is 1. The van der Waals surface area contributed by atoms with Crippen LogP contribution >= 0.6 is 0 Å². The van der Waals surface area contributed by atoms with E-state index in [9.17, 15) is 13.2 Å². The maximum atomic E-state index is 11.9. The first-order valence-corrected chi connectivity index (χ1v) is 7.52. The molecule has 112 valence electrons. The average molecular weight is 301 g/mol. The Kier molecular flexibility index (Phi) is 5.86. The number of hydrazine groups is 1. The fourth-order valence-electron chi connectivity index (χ4n) is 1.25. The van der Waals surface area contributed by atoms with Crippen molar-refractivity contribution in [1.29, 1.82) is 0 Å². The highest BCUT2D eigenvalue weighted by molar-refractivity contribution is 7.89. The molecule has 0 radical (unpaired) electrons. The summed E-state index contributed by atoms with van der Waals surface area (Å²) in [4.78, 5) is 15.2. The predicted octanol–water partition coefficient (Wildman–Crippen LogP) is -0.582. The van der Waals surface area contributed by atoms with E-state index in [0.29, 0.717) is 18.3 Å². The zero-order valence-electron chi connectivity index (χ0n) is 11.4. The Balaban J connectivity index is 2.58. The molecule has 0 saturated heterocycles. The standard InChI is InChI=1S/C11H19N5O3S/c1-8(2)5-14-11(17)7-15-20(18,19)9-3-4-10(16-12)13-6-9/h3-4,6,8,15H,5,7,12H2,1-2H3,(H,13,16)(H,14,17). The smallest absolute Gasteiger partial charge is 0.242 e. The van der Waals surface area contributed by atoms with Crippen LogP contribution < -0.4 is 21.3 Å². The highest BCUT2D eigenvalue weighted by Gasteiger charge is 2.15. The summed E-state index contributed by atoms with van der Waals surface area (Å²) in [5.74, 6) is 5.40. The highest BCUT2D eigenvalue weighted by Crippen LogP contribution is 2.09. The Morgan fingerprint density at radius 3 is 2.60 bits per heavy atom. The molecular weight excluding hydrogens is 282 g/mol. The molecule has 20 heavy (non-hydrogen) atoms. The molecule has 0 saturated carbocycles. The molecule has 0 fully saturated rings. The summed E-state index contributed by atoms with van der Waals surface area (Å²) in [6.45, 7) is 4.08. The van der Waals surface area contributed by atoms with Crippen LogP contribution in [0.2, 0.25) is 0 Å². The van der Waals surface area contributed by atoms with Gasteiger partial charge in [0.2, 0.25) is 15.9 Å². The van der Waals surface area contributed by atoms with Crippen LogP contribution in [0.25, 0.3) is 0 Å². The van der Waals surface area contributed by atoms with Gasteiger partial charge in [0.1, 0.15) is 10.7 Å². The maximum Gasteiger partial charge on any atom is 0.242 e. The fraction of sp³-hybridized carbons (Fsp3) is 0.455. The topological polar surface area (TPSA) is 126 Å². The van der Waals surface area contributed by atoms with Gasteiger partial charge in [0, 0.05) is 12.7 Å². The number of carbonyl (C=O) groups excluding carboxylic acids is 1. The summed E-state index contributed by atoms with van der Waals surface area (Å²) in [5, 5.41) is 2.62. The fourth-order valence-corrected chi connectivity index (χ4v) is 2.18. The van der Waals surface area contributed by atoms with E-state index in [4.69, 9.17) is 5.84 Å². The minimum atomic E-state index is -3.76. The van der Waals surface area contributed by atoms with E-state index in [2.05, 4.69) is 20.4 Å². The van der Waals surface area contributed by atoms with Crippen molar-refractivity contribution in [3.8, 4) is 0 Å². The van der Waals surface area contributed by atoms with Gasteiger partial charge in [0.15, 0.2) is 0 Å². The van der Waals surface area contributed by atoms with Gasteiger partial charge in [-0.1, -0.05) is 13.8 Å². The average Bonchev–Trinajstić information content (AvgIpc) is 2.43. The molecular formula is C11H19N5O3S. The summed E-state index contributed by atoms with van der Waals surface area (Å²) in [5.41, 5.74) is 2.29. The minimum absolute atomic E-state index is 0.0341. The number of anilines is 1. The second kappa shape index (κ2) is 7.17. The molecule has 1 rings (SSSR count). The third-order valence-corrected chi connectivity index (χ3v) is 3.71. The van der Waals surface area contributed by atoms with Crippen LogP contribution in [-0.4, -0.2) is 32.4 Å². The molecule has 9 heteroatoms. The third-order valence-electron chi connectivity index (χ3n) is 2.32. The molecule has 8 nitrogen and oxygen atoms in total. The summed E-state index contributed by atoms with van der Waals surface area (Å²) in [6, 6.07) is 2.77. The van der Waals surface area contributed by atoms with E-state index < -0.39 is 10.0 Å². The lowest BCUT2D eigenvalue weighted by atomic mass is 10.2. The number of hydrogen-bond acceptors (Lipinski definition) is 6. The number of aromatic nitrogens is 1. The molecule has 0 aliphatic carbocycles. The van der Waals surface area contributed by atoms with Crippen molar-refractivity contribution in [3.63, 3.8) is 0 Å². The normalized spacial score (nSPS) is 11.4. The largest absolute Gasteiger partial charge is 0.355 e. The van der Waals surface area contributed by atoms with E-state index >= 15 is 0 Å². The number of hydrogen-bond donors (Lipinski definition) is 4. The molecule has 1 aromatic rings. The third kappa shape index (κ3) is 5.11. The van der Waals surface area contributed by atoms with Crippen LogP contribution in [0, 0.1) is 5.92 Å². The van der Waals surface area contributed by atoms with Gasteiger partial charge in [0.05, 0.1) is 6.54 Å². The lowest BCUT2D eigenvalue weighted by molar-refractivity contribution is -0.120. The Morgan fingerprint density at radius 1 is 1.40 bits per heavy atom. The second-order valence-corrected chi connectivity index (χ2v) is 6.31. The number of nitrogen functional groups attached to an aromatic ring is 1. The van der Waals surface area contributed by atoms with Crippen molar-refractivity contribution in [2.24, 2.45) is 11.8 Å². The van der Waals surface area contributed by atoms with Crippen molar-refractivity contribution in [2.45, 2.75) is 18.7 Å². The molecule has 0 aromatic carbocycles. The van der Waals surface area contributed by atoms with E-state index in [1.165, 1.54) is 12.1 Å². The molecule has 1 heterocycles. The SMILES string of the molecule is CC(C)CNC(=O)CNS(=O)(=O)c1ccc(NN)nc1. The summed E-state index contributed by atoms with van der Waals surface area (Å²) < 4.78 is 26.0. The number of nitrogens with one attached hydrogen (secondary N) is 3. The minimum Gasteiger partial charge on any atom is -0.355 e. The van der Waals surface area contributed by atoms with Gasteiger partial charge in [0.25, 0.3) is 0 Å². The number of carbonyl (C=O) groups is 1. The number of sulfonamides is 1. The van der Waals surface area contributed by atoms with Crippen LogP contribution in [0.5, 0.6) is 0 Å². The van der Waals surface area contributed by atoms with Gasteiger partial charge in [-0.15, -0.1) is 0 Å². The Labute approximate surface area is 118 Å². The summed E-state index contributed by atoms with van der Waals surface area (Å²) in [7, 11) is -3.76. The van der Waals surface area contributed by atoms with Crippen LogP contribution in [0.3, 0.4) is 0 Å². The van der Waals surface area contributed by atoms with E-state index in [1.807, 2.05) is 13.8 Å². The summed E-state index contributed by atoms with van der Waals surface area (Å²) in [6.07, 6.45) is 1.16. The van der Waals surface area contributed by atoms with Gasteiger partial charge in [-0.25, -0.2) is 24.0 Å². The van der Waals surface area contributed by atoms with Gasteiger partial charge >= 0.3 is 0 Å². The van der Waals surface area contributed by atoms with Gasteiger partial charge in [-0.05, 0) is 18.1 Å². The lowest BCUT2D eigenvalue weighted by Crippen LogP contribution is -2.38. The van der Waals surface area contributed by atoms with Crippen LogP contribution in [0.1, 0.15) is 13.8 Å². The predicted molar refractivity (Wildman–Crippen MR) is 75.1 cm³/mol. The number of nitrogens with two attached hydrogens (primary N) is 1. The molecule has 0 bridgehead atoms. The summed E-state index contributed by atoms with van der Waals surface area (Å²) >= 11 is 0. The molecule has 0 spiro atoms. The van der Waals surface area contributed by atoms with Gasteiger partial charge in [-0.2, -0.15) is 0 Å². The van der Waals surface area contributed by atoms with E-state index in [0.717, 1.165) is 6.20 Å². The zero-order chi connectivity index (χ0) is 15.2. The zero-order valence-corrected chi connectivity index (χ0v) is 12.2. The lowest BCUT2D eigenvalue weighted by Gasteiger charge is -2.09. The molecule has 0 atom stereocenters. The van der Waals surface area contributed by atoms with Gasteiger partial charge < -0.3 is 10.7 Å². The maximum absolute atomic E-state index is 11.9. The quantitative estimate of drug-likeness (QED) is 0.394. The van der Waals surface area contributed by atoms with Crippen molar-refractivity contribution in [3.05, 3.63) is 18.3 Å². The van der Waals surface area contributed by atoms with Crippen LogP contribution in [0.15, 0.2) is 23.2 Å². The van der Waals surface area contributed by atoms with Gasteiger partial charge in [-0.3, -0.25) is 4.79 Å². The first-order valence-electron chi connectivity index (χ1n) is 6.04. The number of rotatable bonds is 7.